The van der Waals surface area contributed by atoms with Crippen molar-refractivity contribution in [3.8, 4) is 0 Å². The summed E-state index contributed by atoms with van der Waals surface area (Å²) in [6.07, 6.45) is 1.59. The predicted molar refractivity (Wildman–Crippen MR) is 62.1 cm³/mol. The van der Waals surface area contributed by atoms with Crippen LogP contribution in [0.4, 0.5) is 0 Å². The van der Waals surface area contributed by atoms with Gasteiger partial charge in [-0.05, 0) is 31.2 Å². The molecule has 14 heavy (non-hydrogen) atoms. The summed E-state index contributed by atoms with van der Waals surface area (Å²) in [5.41, 5.74) is 0. The van der Waals surface area contributed by atoms with Crippen LogP contribution in [0, 0.1) is 0 Å². The van der Waals surface area contributed by atoms with Crippen LogP contribution < -0.4 is 5.32 Å². The van der Waals surface area contributed by atoms with Gasteiger partial charge in [-0.2, -0.15) is 0 Å². The third kappa shape index (κ3) is 2.70. The quantitative estimate of drug-likeness (QED) is 0.781. The van der Waals surface area contributed by atoms with E-state index < -0.39 is 0 Å². The molecule has 0 aromatic carbocycles. The summed E-state index contributed by atoms with van der Waals surface area (Å²) in [5.74, 6) is 0. The lowest BCUT2D eigenvalue weighted by Crippen LogP contribution is -2.40. The van der Waals surface area contributed by atoms with Crippen molar-refractivity contribution in [3.63, 3.8) is 0 Å². The molecule has 1 saturated heterocycles. The summed E-state index contributed by atoms with van der Waals surface area (Å²) in [4.78, 5) is 1.34. The normalized spacial score (nSPS) is 32.3. The van der Waals surface area contributed by atoms with E-state index >= 15 is 0 Å². The first-order chi connectivity index (χ1) is 6.25. The first kappa shape index (κ1) is 12.0. The molecule has 4 heteroatoms. The fourth-order valence-corrected chi connectivity index (χ4v) is 2.74. The number of nitrogens with one attached hydrogen (secondary N) is 1. The topological polar surface area (TPSA) is 32.3 Å². The number of hydrogen-bond donors (Lipinski definition) is 2. The maximum atomic E-state index is 9.61. The Kier molecular flexibility index (Phi) is 4.38. The standard InChI is InChI=1S/C10H15NOS.ClH/c1-7-5-8(12)6-9(11-7)10-3-2-4-13-10;/h2-4,7-9,11-12H,5-6H2,1H3;1H/t7-,8+,9-;/m1./s1. The largest absolute Gasteiger partial charge is 0.393 e. The van der Waals surface area contributed by atoms with E-state index in [2.05, 4.69) is 29.8 Å². The van der Waals surface area contributed by atoms with Gasteiger partial charge in [0.25, 0.3) is 0 Å². The van der Waals surface area contributed by atoms with Gasteiger partial charge in [0.05, 0.1) is 6.10 Å². The number of aliphatic hydroxyl groups excluding tert-OH is 1. The van der Waals surface area contributed by atoms with Crippen molar-refractivity contribution in [1.29, 1.82) is 0 Å². The van der Waals surface area contributed by atoms with Crippen molar-refractivity contribution in [1.82, 2.24) is 5.32 Å². The van der Waals surface area contributed by atoms with Crippen LogP contribution in [0.1, 0.15) is 30.7 Å². The average molecular weight is 234 g/mol. The SMILES string of the molecule is C[C@@H]1C[C@H](O)C[C@H](c2cccs2)N1.Cl. The summed E-state index contributed by atoms with van der Waals surface area (Å²) < 4.78 is 0. The van der Waals surface area contributed by atoms with Gasteiger partial charge in [-0.25, -0.2) is 0 Å². The molecule has 0 spiro atoms. The van der Waals surface area contributed by atoms with Crippen molar-refractivity contribution in [2.45, 2.75) is 38.0 Å². The molecule has 2 heterocycles. The summed E-state index contributed by atoms with van der Waals surface area (Å²) in [7, 11) is 0. The smallest absolute Gasteiger partial charge is 0.0573 e. The number of aliphatic hydroxyl groups is 1. The van der Waals surface area contributed by atoms with Crippen LogP contribution >= 0.6 is 23.7 Å². The van der Waals surface area contributed by atoms with E-state index in [4.69, 9.17) is 0 Å². The van der Waals surface area contributed by atoms with Crippen LogP contribution in [-0.2, 0) is 0 Å². The van der Waals surface area contributed by atoms with Crippen molar-refractivity contribution in [2.24, 2.45) is 0 Å². The first-order valence-corrected chi connectivity index (χ1v) is 5.61. The molecule has 0 amide bonds. The van der Waals surface area contributed by atoms with E-state index in [1.165, 1.54) is 4.88 Å². The molecule has 0 radical (unpaired) electrons. The van der Waals surface area contributed by atoms with Crippen LogP contribution in [0.15, 0.2) is 17.5 Å². The molecule has 0 aliphatic carbocycles. The number of piperidine rings is 1. The van der Waals surface area contributed by atoms with Gasteiger partial charge in [-0.1, -0.05) is 6.07 Å². The zero-order chi connectivity index (χ0) is 9.26. The molecular weight excluding hydrogens is 218 g/mol. The molecule has 0 saturated carbocycles. The Morgan fingerprint density at radius 3 is 2.86 bits per heavy atom. The number of rotatable bonds is 1. The van der Waals surface area contributed by atoms with Crippen molar-refractivity contribution >= 4 is 23.7 Å². The lowest BCUT2D eigenvalue weighted by atomic mass is 9.96. The minimum atomic E-state index is -0.136. The van der Waals surface area contributed by atoms with E-state index in [0.717, 1.165) is 12.8 Å². The summed E-state index contributed by atoms with van der Waals surface area (Å²) in [5, 5.41) is 15.2. The molecule has 0 bridgehead atoms. The maximum absolute atomic E-state index is 9.61. The van der Waals surface area contributed by atoms with Gasteiger partial charge >= 0.3 is 0 Å². The Morgan fingerprint density at radius 1 is 1.50 bits per heavy atom. The number of hydrogen-bond acceptors (Lipinski definition) is 3. The molecular formula is C10H16ClNOS. The van der Waals surface area contributed by atoms with E-state index in [1.54, 1.807) is 11.3 Å². The van der Waals surface area contributed by atoms with E-state index in [1.807, 2.05) is 0 Å². The number of thiophene rings is 1. The minimum Gasteiger partial charge on any atom is -0.393 e. The van der Waals surface area contributed by atoms with Crippen molar-refractivity contribution in [3.05, 3.63) is 22.4 Å². The second-order valence-corrected chi connectivity index (χ2v) is 4.74. The van der Waals surface area contributed by atoms with Gasteiger partial charge in [0.1, 0.15) is 0 Å². The zero-order valence-corrected chi connectivity index (χ0v) is 9.78. The molecule has 2 rings (SSSR count). The van der Waals surface area contributed by atoms with Gasteiger partial charge in [-0.15, -0.1) is 23.7 Å². The van der Waals surface area contributed by atoms with Crippen molar-refractivity contribution < 1.29 is 5.11 Å². The van der Waals surface area contributed by atoms with E-state index in [0.29, 0.717) is 12.1 Å². The monoisotopic (exact) mass is 233 g/mol. The van der Waals surface area contributed by atoms with Crippen LogP contribution in [0.3, 0.4) is 0 Å². The van der Waals surface area contributed by atoms with E-state index in [9.17, 15) is 5.11 Å². The Labute approximate surface area is 94.8 Å². The lowest BCUT2D eigenvalue weighted by Gasteiger charge is -2.31. The second kappa shape index (κ2) is 5.12. The fourth-order valence-electron chi connectivity index (χ4n) is 1.94. The maximum Gasteiger partial charge on any atom is 0.0573 e. The van der Waals surface area contributed by atoms with Crippen molar-refractivity contribution in [2.75, 3.05) is 0 Å². The van der Waals surface area contributed by atoms with Crippen LogP contribution in [-0.4, -0.2) is 17.3 Å². The van der Waals surface area contributed by atoms with Gasteiger partial charge < -0.3 is 10.4 Å². The van der Waals surface area contributed by atoms with Crippen LogP contribution in [0.2, 0.25) is 0 Å². The Morgan fingerprint density at radius 2 is 2.29 bits per heavy atom. The minimum absolute atomic E-state index is 0. The average Bonchev–Trinajstić information content (AvgIpc) is 2.53. The summed E-state index contributed by atoms with van der Waals surface area (Å²) in [6.45, 7) is 2.13. The lowest BCUT2D eigenvalue weighted by molar-refractivity contribution is 0.0983. The molecule has 1 aromatic rings. The molecule has 2 nitrogen and oxygen atoms in total. The van der Waals surface area contributed by atoms with E-state index in [-0.39, 0.29) is 18.5 Å². The summed E-state index contributed by atoms with van der Waals surface area (Å²) >= 11 is 1.76. The highest BCUT2D eigenvalue weighted by molar-refractivity contribution is 7.10. The third-order valence-corrected chi connectivity index (χ3v) is 3.49. The Balaban J connectivity index is 0.000000980. The fraction of sp³-hybridized carbons (Fsp3) is 0.600. The molecule has 0 unspecified atom stereocenters. The molecule has 3 atom stereocenters. The molecule has 1 aliphatic heterocycles. The molecule has 2 N–H and O–H groups in total. The molecule has 1 fully saturated rings. The zero-order valence-electron chi connectivity index (χ0n) is 8.14. The van der Waals surface area contributed by atoms with Gasteiger partial charge in [0.15, 0.2) is 0 Å². The predicted octanol–water partition coefficient (Wildman–Crippen LogP) is 2.34. The van der Waals surface area contributed by atoms with Crippen LogP contribution in [0.5, 0.6) is 0 Å². The third-order valence-electron chi connectivity index (χ3n) is 2.51. The second-order valence-electron chi connectivity index (χ2n) is 3.76. The van der Waals surface area contributed by atoms with Crippen LogP contribution in [0.25, 0.3) is 0 Å². The first-order valence-electron chi connectivity index (χ1n) is 4.73. The molecule has 1 aliphatic rings. The highest BCUT2D eigenvalue weighted by Crippen LogP contribution is 2.28. The Bertz CT molecular complexity index is 255. The van der Waals surface area contributed by atoms with Gasteiger partial charge in [0.2, 0.25) is 0 Å². The highest BCUT2D eigenvalue weighted by Gasteiger charge is 2.25. The molecule has 80 valence electrons. The van der Waals surface area contributed by atoms with Gasteiger partial charge in [0, 0.05) is 17.0 Å². The van der Waals surface area contributed by atoms with Gasteiger partial charge in [-0.3, -0.25) is 0 Å². The highest BCUT2D eigenvalue weighted by atomic mass is 35.5. The molecule has 1 aromatic heterocycles. The summed E-state index contributed by atoms with van der Waals surface area (Å²) in [6, 6.07) is 4.98. The Hall–Kier alpha value is -0.0900. The number of halogens is 1.